The summed E-state index contributed by atoms with van der Waals surface area (Å²) in [5.74, 6) is 0.655. The fraction of sp³-hybridized carbons (Fsp3) is 0.375. The summed E-state index contributed by atoms with van der Waals surface area (Å²) in [6.45, 7) is 2.19. The van der Waals surface area contributed by atoms with Crippen LogP contribution in [-0.4, -0.2) is 23.7 Å². The highest BCUT2D eigenvalue weighted by atomic mass is 35.5. The van der Waals surface area contributed by atoms with E-state index in [0.717, 1.165) is 14.2 Å². The molecule has 1 aromatic rings. The van der Waals surface area contributed by atoms with Crippen molar-refractivity contribution in [3.63, 3.8) is 0 Å². The lowest BCUT2D eigenvalue weighted by Gasteiger charge is -2.16. The largest absolute Gasteiger partial charge is 0.392 e. The average Bonchev–Trinajstić information content (AvgIpc) is 2.53. The van der Waals surface area contributed by atoms with Gasteiger partial charge in [0.05, 0.1) is 16.1 Å². The lowest BCUT2D eigenvalue weighted by molar-refractivity contribution is 0.198. The molecule has 0 amide bonds. The molecule has 1 aliphatic rings. The van der Waals surface area contributed by atoms with E-state index in [0.29, 0.717) is 12.5 Å². The lowest BCUT2D eigenvalue weighted by Crippen LogP contribution is -2.36. The van der Waals surface area contributed by atoms with E-state index in [-0.39, 0.29) is 0 Å². The van der Waals surface area contributed by atoms with Crippen LogP contribution in [0.25, 0.3) is 0 Å². The van der Waals surface area contributed by atoms with Crippen molar-refractivity contribution in [3.8, 4) is 0 Å². The number of nitrogens with zero attached hydrogens (tertiary/aromatic N) is 1. The van der Waals surface area contributed by atoms with Gasteiger partial charge in [0.15, 0.2) is 0 Å². The van der Waals surface area contributed by atoms with E-state index >= 15 is 0 Å². The smallest absolute Gasteiger partial charge is 0.208 e. The number of fused-ring (bicyclic) bond motifs is 1. The number of anilines is 1. The van der Waals surface area contributed by atoms with E-state index < -0.39 is 6.10 Å². The Labute approximate surface area is 101 Å². The third kappa shape index (κ3) is 2.78. The number of rotatable bonds is 2. The summed E-state index contributed by atoms with van der Waals surface area (Å²) in [4.78, 5) is 0. The molecular formula is C8H10ClN3OS2. The number of aliphatic hydroxyl groups excluding tert-OH is 1. The van der Waals surface area contributed by atoms with Crippen LogP contribution in [0.5, 0.6) is 0 Å². The van der Waals surface area contributed by atoms with Crippen LogP contribution in [0.1, 0.15) is 6.92 Å². The molecule has 1 atom stereocenters. The lowest BCUT2D eigenvalue weighted by atomic mass is 10.4. The fourth-order valence-corrected chi connectivity index (χ4v) is 3.13. The minimum atomic E-state index is -0.396. The summed E-state index contributed by atoms with van der Waals surface area (Å²) in [5.41, 5.74) is 0.970. The number of hydrogen-bond donors (Lipinski definition) is 3. The van der Waals surface area contributed by atoms with Crippen LogP contribution >= 0.6 is 34.9 Å². The van der Waals surface area contributed by atoms with Gasteiger partial charge in [-0.3, -0.25) is 0 Å². The van der Waals surface area contributed by atoms with Gasteiger partial charge in [-0.05, 0) is 13.0 Å². The molecule has 1 aliphatic heterocycles. The van der Waals surface area contributed by atoms with E-state index in [1.54, 1.807) is 6.92 Å². The highest BCUT2D eigenvalue weighted by Crippen LogP contribution is 2.41. The molecule has 0 radical (unpaired) electrons. The summed E-state index contributed by atoms with van der Waals surface area (Å²) in [5, 5.41) is 15.2. The van der Waals surface area contributed by atoms with Crippen molar-refractivity contribution in [2.45, 2.75) is 17.2 Å². The Kier molecular flexibility index (Phi) is 3.40. The minimum Gasteiger partial charge on any atom is -0.392 e. The van der Waals surface area contributed by atoms with Crippen LogP contribution in [0.4, 0.5) is 5.69 Å². The molecule has 7 heteroatoms. The fourth-order valence-electron chi connectivity index (χ4n) is 1.06. The van der Waals surface area contributed by atoms with Gasteiger partial charge < -0.3 is 15.7 Å². The quantitative estimate of drug-likeness (QED) is 0.716. The maximum Gasteiger partial charge on any atom is 0.208 e. The summed E-state index contributed by atoms with van der Waals surface area (Å²) >= 11 is 8.76. The maximum absolute atomic E-state index is 9.11. The molecule has 2 rings (SSSR count). The van der Waals surface area contributed by atoms with Gasteiger partial charge in [0.25, 0.3) is 0 Å². The number of halogens is 1. The van der Waals surface area contributed by atoms with E-state index in [4.69, 9.17) is 16.7 Å². The third-order valence-corrected chi connectivity index (χ3v) is 3.90. The van der Waals surface area contributed by atoms with Crippen LogP contribution in [0.3, 0.4) is 0 Å². The molecular weight excluding hydrogens is 254 g/mol. The van der Waals surface area contributed by atoms with Crippen molar-refractivity contribution in [1.29, 1.82) is 0 Å². The highest BCUT2D eigenvalue weighted by molar-refractivity contribution is 8.00. The number of aliphatic hydroxyl groups is 1. The van der Waals surface area contributed by atoms with Gasteiger partial charge in [-0.25, -0.2) is 0 Å². The van der Waals surface area contributed by atoms with Crippen LogP contribution in [0, 0.1) is 0 Å². The Balaban J connectivity index is 1.99. The minimum absolute atomic E-state index is 0.396. The zero-order valence-corrected chi connectivity index (χ0v) is 10.3. The summed E-state index contributed by atoms with van der Waals surface area (Å²) in [6, 6.07) is 1.87. The topological polar surface area (TPSA) is 56.6 Å². The molecule has 2 heterocycles. The normalized spacial score (nSPS) is 16.3. The predicted molar refractivity (Wildman–Crippen MR) is 65.9 cm³/mol. The van der Waals surface area contributed by atoms with Crippen molar-refractivity contribution < 1.29 is 5.11 Å². The SMILES string of the molecule is C[C@@H](O)CNC1=NSc2sc(Cl)cc2N1. The summed E-state index contributed by atoms with van der Waals surface area (Å²) < 4.78 is 6.01. The van der Waals surface area contributed by atoms with Crippen LogP contribution in [0.2, 0.25) is 4.34 Å². The van der Waals surface area contributed by atoms with Gasteiger partial charge in [-0.15, -0.1) is 11.3 Å². The first-order chi connectivity index (χ1) is 7.15. The predicted octanol–water partition coefficient (Wildman–Crippen LogP) is 2.16. The molecule has 0 saturated carbocycles. The highest BCUT2D eigenvalue weighted by Gasteiger charge is 2.15. The second-order valence-electron chi connectivity index (χ2n) is 3.14. The van der Waals surface area contributed by atoms with Gasteiger partial charge >= 0.3 is 0 Å². The second kappa shape index (κ2) is 4.61. The molecule has 0 aliphatic carbocycles. The van der Waals surface area contributed by atoms with E-state index in [9.17, 15) is 0 Å². The Morgan fingerprint density at radius 1 is 1.73 bits per heavy atom. The molecule has 82 valence electrons. The maximum atomic E-state index is 9.11. The first-order valence-electron chi connectivity index (χ1n) is 4.38. The van der Waals surface area contributed by atoms with E-state index in [1.165, 1.54) is 23.3 Å². The molecule has 0 spiro atoms. The molecule has 0 aromatic carbocycles. The monoisotopic (exact) mass is 263 g/mol. The summed E-state index contributed by atoms with van der Waals surface area (Å²) in [6.07, 6.45) is -0.396. The summed E-state index contributed by atoms with van der Waals surface area (Å²) in [7, 11) is 0. The van der Waals surface area contributed by atoms with Gasteiger partial charge in [0.1, 0.15) is 4.21 Å². The van der Waals surface area contributed by atoms with Gasteiger partial charge in [0.2, 0.25) is 5.96 Å². The first kappa shape index (κ1) is 11.1. The van der Waals surface area contributed by atoms with Crippen molar-refractivity contribution >= 4 is 46.5 Å². The van der Waals surface area contributed by atoms with Crippen LogP contribution in [0.15, 0.2) is 14.7 Å². The molecule has 0 fully saturated rings. The molecule has 3 N–H and O–H groups in total. The number of hydrogen-bond acceptors (Lipinski definition) is 6. The van der Waals surface area contributed by atoms with Gasteiger partial charge in [-0.1, -0.05) is 11.6 Å². The Morgan fingerprint density at radius 3 is 3.27 bits per heavy atom. The molecule has 0 unspecified atom stereocenters. The molecule has 1 aromatic heterocycles. The standard InChI is InChI=1S/C8H10ClN3OS2/c1-4(13)3-10-8-11-5-2-6(9)14-7(5)15-12-8/h2,4,13H,3H2,1H3,(H2,10,11,12)/t4-/m1/s1. The Hall–Kier alpha value is -0.430. The number of thiophene rings is 1. The Bertz CT molecular complexity index is 391. The zero-order valence-electron chi connectivity index (χ0n) is 7.95. The first-order valence-corrected chi connectivity index (χ1v) is 6.35. The van der Waals surface area contributed by atoms with Crippen molar-refractivity contribution in [1.82, 2.24) is 5.32 Å². The zero-order chi connectivity index (χ0) is 10.8. The van der Waals surface area contributed by atoms with Gasteiger partial charge in [-0.2, -0.15) is 4.40 Å². The van der Waals surface area contributed by atoms with E-state index in [1.807, 2.05) is 6.07 Å². The van der Waals surface area contributed by atoms with E-state index in [2.05, 4.69) is 15.0 Å². The number of guanidine groups is 1. The molecule has 4 nitrogen and oxygen atoms in total. The van der Waals surface area contributed by atoms with Gasteiger partial charge in [0, 0.05) is 18.5 Å². The van der Waals surface area contributed by atoms with Crippen LogP contribution < -0.4 is 10.6 Å². The molecule has 0 saturated heterocycles. The Morgan fingerprint density at radius 2 is 2.53 bits per heavy atom. The average molecular weight is 264 g/mol. The van der Waals surface area contributed by atoms with Crippen molar-refractivity contribution in [3.05, 3.63) is 10.4 Å². The third-order valence-electron chi connectivity index (χ3n) is 1.71. The number of nitrogens with one attached hydrogen (secondary N) is 2. The molecule has 0 bridgehead atoms. The van der Waals surface area contributed by atoms with Crippen molar-refractivity contribution in [2.75, 3.05) is 11.9 Å². The van der Waals surface area contributed by atoms with Crippen LogP contribution in [-0.2, 0) is 0 Å². The van der Waals surface area contributed by atoms with Crippen molar-refractivity contribution in [2.24, 2.45) is 4.40 Å². The second-order valence-corrected chi connectivity index (χ2v) is 5.85. The molecule has 15 heavy (non-hydrogen) atoms.